The summed E-state index contributed by atoms with van der Waals surface area (Å²) in [5.74, 6) is 0.618. The van der Waals surface area contributed by atoms with Gasteiger partial charge < -0.3 is 15.2 Å². The van der Waals surface area contributed by atoms with Crippen LogP contribution in [0.2, 0.25) is 0 Å². The van der Waals surface area contributed by atoms with E-state index in [4.69, 9.17) is 4.74 Å². The first-order valence-electron chi connectivity index (χ1n) is 13.4. The van der Waals surface area contributed by atoms with E-state index in [-0.39, 0.29) is 18.6 Å². The van der Waals surface area contributed by atoms with Gasteiger partial charge in [0.25, 0.3) is 5.91 Å². The van der Waals surface area contributed by atoms with Gasteiger partial charge in [-0.15, -0.1) is 0 Å². The number of piperidine rings is 1. The van der Waals surface area contributed by atoms with E-state index in [1.165, 1.54) is 16.7 Å². The highest BCUT2D eigenvalue weighted by molar-refractivity contribution is 5.94. The number of nitrogens with zero attached hydrogens (tertiary/aromatic N) is 2. The minimum Gasteiger partial charge on any atom is -0.490 e. The van der Waals surface area contributed by atoms with E-state index in [9.17, 15) is 9.90 Å². The summed E-state index contributed by atoms with van der Waals surface area (Å²) in [6.07, 6.45) is 2.58. The van der Waals surface area contributed by atoms with Crippen LogP contribution < -0.4 is 10.1 Å². The Labute approximate surface area is 219 Å². The van der Waals surface area contributed by atoms with Crippen molar-refractivity contribution < 1.29 is 14.6 Å². The Kier molecular flexibility index (Phi) is 8.51. The van der Waals surface area contributed by atoms with Gasteiger partial charge in [0, 0.05) is 51.4 Å². The summed E-state index contributed by atoms with van der Waals surface area (Å²) in [6.45, 7) is 5.57. The molecule has 37 heavy (non-hydrogen) atoms. The number of carbonyl (C=O) groups excluding carboxylic acids is 1. The SMILES string of the molecule is O=C(NC[C@H](O)CN1CCc2ccccc2C1)c1ccc(OC2CCN(Cc3ccccc3)CC2)cc1. The van der Waals surface area contributed by atoms with E-state index in [0.717, 1.165) is 57.7 Å². The molecule has 3 aromatic rings. The first kappa shape index (κ1) is 25.5. The highest BCUT2D eigenvalue weighted by atomic mass is 16.5. The van der Waals surface area contributed by atoms with Gasteiger partial charge >= 0.3 is 0 Å². The summed E-state index contributed by atoms with van der Waals surface area (Å²) in [7, 11) is 0. The zero-order valence-corrected chi connectivity index (χ0v) is 21.4. The predicted molar refractivity (Wildman–Crippen MR) is 146 cm³/mol. The van der Waals surface area contributed by atoms with Crippen molar-refractivity contribution in [2.24, 2.45) is 0 Å². The Morgan fingerprint density at radius 2 is 1.59 bits per heavy atom. The summed E-state index contributed by atoms with van der Waals surface area (Å²) < 4.78 is 6.19. The summed E-state index contributed by atoms with van der Waals surface area (Å²) in [5, 5.41) is 13.4. The normalized spacial score (nSPS) is 17.6. The van der Waals surface area contributed by atoms with E-state index in [2.05, 4.69) is 69.7 Å². The first-order chi connectivity index (χ1) is 18.1. The van der Waals surface area contributed by atoms with Gasteiger partial charge in [0.15, 0.2) is 0 Å². The molecule has 1 amide bonds. The lowest BCUT2D eigenvalue weighted by atomic mass is 10.00. The molecular weight excluding hydrogens is 462 g/mol. The van der Waals surface area contributed by atoms with Gasteiger partial charge in [-0.2, -0.15) is 0 Å². The van der Waals surface area contributed by atoms with E-state index in [1.54, 1.807) is 12.1 Å². The summed E-state index contributed by atoms with van der Waals surface area (Å²) in [4.78, 5) is 17.3. The summed E-state index contributed by atoms with van der Waals surface area (Å²) in [6, 6.07) is 26.4. The lowest BCUT2D eigenvalue weighted by Crippen LogP contribution is -2.42. The average Bonchev–Trinajstić information content (AvgIpc) is 2.94. The number of ether oxygens (including phenoxy) is 1. The third-order valence-electron chi connectivity index (χ3n) is 7.38. The van der Waals surface area contributed by atoms with Crippen LogP contribution in [0.1, 0.15) is 39.9 Å². The van der Waals surface area contributed by atoms with Gasteiger partial charge in [0.2, 0.25) is 0 Å². The van der Waals surface area contributed by atoms with Crippen LogP contribution in [0.15, 0.2) is 78.9 Å². The first-order valence-corrected chi connectivity index (χ1v) is 13.4. The minimum atomic E-state index is -0.607. The van der Waals surface area contributed by atoms with Crippen molar-refractivity contribution in [3.05, 3.63) is 101 Å². The van der Waals surface area contributed by atoms with Gasteiger partial charge in [0.05, 0.1) is 6.10 Å². The quantitative estimate of drug-likeness (QED) is 0.468. The number of fused-ring (bicyclic) bond motifs is 1. The molecule has 0 aliphatic carbocycles. The predicted octanol–water partition coefficient (Wildman–Crippen LogP) is 3.88. The summed E-state index contributed by atoms with van der Waals surface area (Å²) in [5.41, 5.74) is 4.64. The maximum absolute atomic E-state index is 12.6. The van der Waals surface area contributed by atoms with Crippen LogP contribution in [-0.2, 0) is 19.5 Å². The number of carbonyl (C=O) groups is 1. The fraction of sp³-hybridized carbons (Fsp3) is 0.387. The van der Waals surface area contributed by atoms with Gasteiger partial charge in [-0.25, -0.2) is 0 Å². The number of hydrogen-bond donors (Lipinski definition) is 2. The van der Waals surface area contributed by atoms with Crippen LogP contribution in [0.5, 0.6) is 5.75 Å². The molecule has 5 rings (SSSR count). The highest BCUT2D eigenvalue weighted by Gasteiger charge is 2.21. The lowest BCUT2D eigenvalue weighted by molar-refractivity contribution is 0.0841. The van der Waals surface area contributed by atoms with Gasteiger partial charge in [-0.3, -0.25) is 14.6 Å². The number of β-amino-alcohol motifs (C(OH)–C–C–N with tert-alkyl or cyclic N) is 1. The Morgan fingerprint density at radius 3 is 2.35 bits per heavy atom. The second-order valence-corrected chi connectivity index (χ2v) is 10.2. The smallest absolute Gasteiger partial charge is 0.251 e. The van der Waals surface area contributed by atoms with Crippen LogP contribution in [0.3, 0.4) is 0 Å². The van der Waals surface area contributed by atoms with Crippen molar-refractivity contribution in [3.63, 3.8) is 0 Å². The molecule has 0 saturated carbocycles. The number of aliphatic hydroxyl groups is 1. The molecule has 0 radical (unpaired) electrons. The standard InChI is InChI=1S/C31H37N3O3/c35-28(23-34-17-14-25-8-4-5-9-27(25)22-34)20-32-31(36)26-10-12-29(13-11-26)37-30-15-18-33(19-16-30)21-24-6-2-1-3-7-24/h1-13,28,30,35H,14-23H2,(H,32,36)/t28-/m0/s1. The van der Waals surface area contributed by atoms with Crippen LogP contribution in [0.4, 0.5) is 0 Å². The maximum atomic E-state index is 12.6. The Hall–Kier alpha value is -3.19. The number of amides is 1. The topological polar surface area (TPSA) is 65.0 Å². The zero-order chi connectivity index (χ0) is 25.5. The molecule has 2 N–H and O–H groups in total. The Bertz CT molecular complexity index is 1140. The Balaban J connectivity index is 1.02. The summed E-state index contributed by atoms with van der Waals surface area (Å²) >= 11 is 0. The van der Waals surface area contributed by atoms with Crippen LogP contribution in [-0.4, -0.2) is 65.7 Å². The number of hydrogen-bond acceptors (Lipinski definition) is 5. The van der Waals surface area contributed by atoms with E-state index in [1.807, 2.05) is 12.1 Å². The zero-order valence-electron chi connectivity index (χ0n) is 21.4. The van der Waals surface area contributed by atoms with E-state index < -0.39 is 6.10 Å². The molecule has 194 valence electrons. The molecule has 2 aliphatic rings. The lowest BCUT2D eigenvalue weighted by Gasteiger charge is -2.32. The molecule has 1 fully saturated rings. The monoisotopic (exact) mass is 499 g/mol. The molecule has 0 bridgehead atoms. The number of benzene rings is 3. The van der Waals surface area contributed by atoms with Gasteiger partial charge in [0.1, 0.15) is 11.9 Å². The van der Waals surface area contributed by atoms with Crippen LogP contribution in [0, 0.1) is 0 Å². The molecule has 0 spiro atoms. The largest absolute Gasteiger partial charge is 0.490 e. The average molecular weight is 500 g/mol. The van der Waals surface area contributed by atoms with Crippen molar-refractivity contribution in [2.75, 3.05) is 32.7 Å². The van der Waals surface area contributed by atoms with Crippen molar-refractivity contribution in [1.82, 2.24) is 15.1 Å². The highest BCUT2D eigenvalue weighted by Crippen LogP contribution is 2.21. The second kappa shape index (κ2) is 12.4. The fourth-order valence-corrected chi connectivity index (χ4v) is 5.29. The third-order valence-corrected chi connectivity index (χ3v) is 7.38. The second-order valence-electron chi connectivity index (χ2n) is 10.2. The molecule has 6 nitrogen and oxygen atoms in total. The molecule has 1 atom stereocenters. The molecule has 0 unspecified atom stereocenters. The molecule has 6 heteroatoms. The van der Waals surface area contributed by atoms with Crippen molar-refractivity contribution in [2.45, 2.75) is 44.6 Å². The fourth-order valence-electron chi connectivity index (χ4n) is 5.29. The number of nitrogens with one attached hydrogen (secondary N) is 1. The molecule has 2 aliphatic heterocycles. The van der Waals surface area contributed by atoms with Crippen LogP contribution in [0.25, 0.3) is 0 Å². The van der Waals surface area contributed by atoms with E-state index >= 15 is 0 Å². The van der Waals surface area contributed by atoms with Gasteiger partial charge in [-0.1, -0.05) is 54.6 Å². The molecule has 2 heterocycles. The van der Waals surface area contributed by atoms with Crippen molar-refractivity contribution >= 4 is 5.91 Å². The van der Waals surface area contributed by atoms with Crippen LogP contribution >= 0.6 is 0 Å². The third kappa shape index (κ3) is 7.19. The van der Waals surface area contributed by atoms with Gasteiger partial charge in [-0.05, 0) is 60.2 Å². The number of likely N-dealkylation sites (tertiary alicyclic amines) is 1. The molecule has 3 aromatic carbocycles. The van der Waals surface area contributed by atoms with Crippen molar-refractivity contribution in [1.29, 1.82) is 0 Å². The molecular formula is C31H37N3O3. The maximum Gasteiger partial charge on any atom is 0.251 e. The number of rotatable bonds is 9. The number of aliphatic hydroxyl groups excluding tert-OH is 1. The van der Waals surface area contributed by atoms with E-state index in [0.29, 0.717) is 12.1 Å². The van der Waals surface area contributed by atoms with Crippen molar-refractivity contribution in [3.8, 4) is 5.75 Å². The minimum absolute atomic E-state index is 0.177. The molecule has 1 saturated heterocycles. The molecule has 0 aromatic heterocycles. The Morgan fingerprint density at radius 1 is 0.892 bits per heavy atom.